The highest BCUT2D eigenvalue weighted by Crippen LogP contribution is 2.30. The molecule has 2 heterocycles. The molecule has 21 heavy (non-hydrogen) atoms. The minimum absolute atomic E-state index is 0.269. The Labute approximate surface area is 126 Å². The second-order valence-electron chi connectivity index (χ2n) is 6.37. The van der Waals surface area contributed by atoms with Gasteiger partial charge in [0.15, 0.2) is 5.60 Å². The lowest BCUT2D eigenvalue weighted by molar-refractivity contribution is -0.186. The van der Waals surface area contributed by atoms with Crippen molar-refractivity contribution in [3.8, 4) is 0 Å². The Morgan fingerprint density at radius 3 is 2.86 bits per heavy atom. The molecule has 5 heteroatoms. The van der Waals surface area contributed by atoms with Gasteiger partial charge >= 0.3 is 5.97 Å². The van der Waals surface area contributed by atoms with Crippen LogP contribution in [0.1, 0.15) is 33.6 Å². The number of hydrogen-bond acceptors (Lipinski definition) is 5. The molecule has 0 spiro atoms. The minimum Gasteiger partial charge on any atom is -0.459 e. The van der Waals surface area contributed by atoms with Gasteiger partial charge in [0.1, 0.15) is 6.61 Å². The molecule has 0 saturated carbocycles. The Morgan fingerprint density at radius 2 is 2.24 bits per heavy atom. The van der Waals surface area contributed by atoms with E-state index in [-0.39, 0.29) is 12.5 Å². The zero-order valence-corrected chi connectivity index (χ0v) is 13.5. The fraction of sp³-hybridized carbons (Fsp3) is 0.812. The van der Waals surface area contributed by atoms with E-state index in [2.05, 4.69) is 11.0 Å². The van der Waals surface area contributed by atoms with Crippen LogP contribution in [0.4, 0.5) is 0 Å². The van der Waals surface area contributed by atoms with Crippen LogP contribution in [-0.2, 0) is 14.3 Å². The molecule has 0 unspecified atom stereocenters. The number of carbonyl (C=O) groups excluding carboxylic acids is 1. The summed E-state index contributed by atoms with van der Waals surface area (Å²) < 4.78 is 10.6. The molecule has 0 aromatic rings. The highest BCUT2D eigenvalue weighted by molar-refractivity contribution is 5.80. The first-order valence-corrected chi connectivity index (χ1v) is 7.76. The molecule has 0 amide bonds. The third kappa shape index (κ3) is 3.00. The molecule has 0 aromatic heterocycles. The number of methoxy groups -OCH3 is 1. The molecule has 0 aromatic carbocycles. The van der Waals surface area contributed by atoms with Crippen molar-refractivity contribution in [2.24, 2.45) is 5.92 Å². The van der Waals surface area contributed by atoms with Crippen molar-refractivity contribution in [2.75, 3.05) is 26.8 Å². The van der Waals surface area contributed by atoms with Crippen LogP contribution in [0.3, 0.4) is 0 Å². The highest BCUT2D eigenvalue weighted by atomic mass is 16.6. The normalized spacial score (nSPS) is 26.4. The monoisotopic (exact) mass is 297 g/mol. The standard InChI is InChI=1S/C16H27NO4/c1-11(2)16(19,12(3)20-4)15(18)21-10-13-7-9-17-8-5-6-14(13)17/h7,11-12,14,19H,5-6,8-10H2,1-4H3/t12-,14+,16-/m1/s1. The average Bonchev–Trinajstić information content (AvgIpc) is 3.06. The van der Waals surface area contributed by atoms with Crippen LogP contribution in [-0.4, -0.2) is 60.5 Å². The van der Waals surface area contributed by atoms with E-state index in [0.717, 1.165) is 25.1 Å². The summed E-state index contributed by atoms with van der Waals surface area (Å²) in [5.74, 6) is -0.871. The maximum atomic E-state index is 12.4. The summed E-state index contributed by atoms with van der Waals surface area (Å²) in [6, 6.07) is 0.421. The summed E-state index contributed by atoms with van der Waals surface area (Å²) in [7, 11) is 1.49. The molecule has 0 aliphatic carbocycles. The van der Waals surface area contributed by atoms with Crippen LogP contribution in [0.25, 0.3) is 0 Å². The van der Waals surface area contributed by atoms with E-state index < -0.39 is 17.7 Å². The van der Waals surface area contributed by atoms with Crippen molar-refractivity contribution < 1.29 is 19.4 Å². The zero-order chi connectivity index (χ0) is 15.6. The topological polar surface area (TPSA) is 59.0 Å². The Morgan fingerprint density at radius 1 is 1.52 bits per heavy atom. The van der Waals surface area contributed by atoms with Gasteiger partial charge in [-0.2, -0.15) is 0 Å². The molecule has 2 aliphatic rings. The molecule has 3 atom stereocenters. The van der Waals surface area contributed by atoms with E-state index in [4.69, 9.17) is 9.47 Å². The first-order chi connectivity index (χ1) is 9.91. The van der Waals surface area contributed by atoms with Crippen molar-refractivity contribution in [2.45, 2.75) is 51.4 Å². The zero-order valence-electron chi connectivity index (χ0n) is 13.5. The maximum absolute atomic E-state index is 12.4. The Hall–Kier alpha value is -0.910. The largest absolute Gasteiger partial charge is 0.459 e. The van der Waals surface area contributed by atoms with Crippen molar-refractivity contribution in [1.82, 2.24) is 4.90 Å². The second-order valence-corrected chi connectivity index (χ2v) is 6.37. The first kappa shape index (κ1) is 16.5. The van der Waals surface area contributed by atoms with Crippen LogP contribution in [0.15, 0.2) is 11.6 Å². The number of ether oxygens (including phenoxy) is 2. The number of hydrogen-bond donors (Lipinski definition) is 1. The Kier molecular flexibility index (Phi) is 5.07. The van der Waals surface area contributed by atoms with Gasteiger partial charge in [0.05, 0.1) is 6.10 Å². The molecular weight excluding hydrogens is 270 g/mol. The van der Waals surface area contributed by atoms with E-state index in [1.807, 2.05) is 0 Å². The van der Waals surface area contributed by atoms with Gasteiger partial charge in [-0.05, 0) is 37.8 Å². The number of rotatable bonds is 6. The van der Waals surface area contributed by atoms with Gasteiger partial charge in [-0.15, -0.1) is 0 Å². The lowest BCUT2D eigenvalue weighted by Crippen LogP contribution is -2.54. The predicted molar refractivity (Wildman–Crippen MR) is 79.9 cm³/mol. The summed E-state index contributed by atoms with van der Waals surface area (Å²) in [5.41, 5.74) is -0.444. The van der Waals surface area contributed by atoms with Gasteiger partial charge < -0.3 is 14.6 Å². The van der Waals surface area contributed by atoms with E-state index in [1.54, 1.807) is 20.8 Å². The summed E-state index contributed by atoms with van der Waals surface area (Å²) in [4.78, 5) is 14.8. The van der Waals surface area contributed by atoms with Crippen LogP contribution in [0.2, 0.25) is 0 Å². The Balaban J connectivity index is 1.97. The molecule has 1 fully saturated rings. The minimum atomic E-state index is -1.61. The predicted octanol–water partition coefficient (Wildman–Crippen LogP) is 1.36. The van der Waals surface area contributed by atoms with Crippen LogP contribution >= 0.6 is 0 Å². The quantitative estimate of drug-likeness (QED) is 0.592. The van der Waals surface area contributed by atoms with Gasteiger partial charge in [-0.1, -0.05) is 19.9 Å². The molecule has 5 nitrogen and oxygen atoms in total. The number of carbonyl (C=O) groups is 1. The summed E-state index contributed by atoms with van der Waals surface area (Å²) >= 11 is 0. The molecular formula is C16H27NO4. The van der Waals surface area contributed by atoms with E-state index in [1.165, 1.54) is 13.5 Å². The van der Waals surface area contributed by atoms with Crippen molar-refractivity contribution in [1.29, 1.82) is 0 Å². The summed E-state index contributed by atoms with van der Waals surface area (Å²) in [6.07, 6.45) is 3.87. The number of esters is 1. The SMILES string of the molecule is CO[C@H](C)[C@@](O)(C(=O)OCC1=CCN2CCC[C@@H]12)C(C)C. The van der Waals surface area contributed by atoms with Crippen LogP contribution < -0.4 is 0 Å². The molecule has 2 rings (SSSR count). The Bertz CT molecular complexity index is 421. The van der Waals surface area contributed by atoms with Gasteiger partial charge in [-0.3, -0.25) is 4.90 Å². The number of nitrogens with zero attached hydrogens (tertiary/aromatic N) is 1. The van der Waals surface area contributed by atoms with Crippen molar-refractivity contribution >= 4 is 5.97 Å². The smallest absolute Gasteiger partial charge is 0.341 e. The molecule has 0 radical (unpaired) electrons. The van der Waals surface area contributed by atoms with E-state index >= 15 is 0 Å². The maximum Gasteiger partial charge on any atom is 0.341 e. The third-order valence-corrected chi connectivity index (χ3v) is 4.93. The highest BCUT2D eigenvalue weighted by Gasteiger charge is 2.47. The first-order valence-electron chi connectivity index (χ1n) is 7.76. The molecule has 1 saturated heterocycles. The summed E-state index contributed by atoms with van der Waals surface area (Å²) in [5, 5.41) is 10.7. The van der Waals surface area contributed by atoms with Crippen molar-refractivity contribution in [3.05, 3.63) is 11.6 Å². The van der Waals surface area contributed by atoms with Crippen LogP contribution in [0.5, 0.6) is 0 Å². The van der Waals surface area contributed by atoms with Crippen LogP contribution in [0, 0.1) is 5.92 Å². The fourth-order valence-electron chi connectivity index (χ4n) is 3.31. The number of fused-ring (bicyclic) bond motifs is 1. The van der Waals surface area contributed by atoms with Gasteiger partial charge in [0.2, 0.25) is 0 Å². The molecule has 0 bridgehead atoms. The van der Waals surface area contributed by atoms with Gasteiger partial charge in [0, 0.05) is 19.7 Å². The second kappa shape index (κ2) is 6.46. The third-order valence-electron chi connectivity index (χ3n) is 4.93. The summed E-state index contributed by atoms with van der Waals surface area (Å²) in [6.45, 7) is 7.62. The molecule has 120 valence electrons. The molecule has 1 N–H and O–H groups in total. The van der Waals surface area contributed by atoms with E-state index in [9.17, 15) is 9.90 Å². The lowest BCUT2D eigenvalue weighted by atomic mass is 9.85. The van der Waals surface area contributed by atoms with Gasteiger partial charge in [-0.25, -0.2) is 4.79 Å². The number of aliphatic hydroxyl groups is 1. The average molecular weight is 297 g/mol. The lowest BCUT2D eigenvalue weighted by Gasteiger charge is -2.34. The molecule has 2 aliphatic heterocycles. The van der Waals surface area contributed by atoms with Crippen molar-refractivity contribution in [3.63, 3.8) is 0 Å². The fourth-order valence-corrected chi connectivity index (χ4v) is 3.31. The van der Waals surface area contributed by atoms with Gasteiger partial charge in [0.25, 0.3) is 0 Å². The van der Waals surface area contributed by atoms with E-state index in [0.29, 0.717) is 6.04 Å².